The summed E-state index contributed by atoms with van der Waals surface area (Å²) in [7, 11) is 1.44. The first-order valence-corrected chi connectivity index (χ1v) is 5.53. The van der Waals surface area contributed by atoms with E-state index in [9.17, 15) is 4.79 Å². The molecule has 2 atom stereocenters. The van der Waals surface area contributed by atoms with E-state index in [1.165, 1.54) is 12.7 Å². The van der Waals surface area contributed by atoms with Crippen molar-refractivity contribution < 1.29 is 14.3 Å². The predicted octanol–water partition coefficient (Wildman–Crippen LogP) is 1.81. The first-order chi connectivity index (χ1) is 7.79. The van der Waals surface area contributed by atoms with Gasteiger partial charge in [0.15, 0.2) is 0 Å². The molecule has 0 radical (unpaired) electrons. The predicted molar refractivity (Wildman–Crippen MR) is 60.0 cm³/mol. The van der Waals surface area contributed by atoms with Gasteiger partial charge in [-0.3, -0.25) is 4.79 Å². The molecule has 1 saturated heterocycles. The summed E-state index contributed by atoms with van der Waals surface area (Å²) in [5, 5.41) is 0. The maximum atomic E-state index is 11.6. The Morgan fingerprint density at radius 3 is 2.75 bits per heavy atom. The molecular formula is C13H16O3. The minimum atomic E-state index is -0.139. The fraction of sp³-hybridized carbons (Fsp3) is 0.462. The molecule has 0 aliphatic carbocycles. The van der Waals surface area contributed by atoms with Gasteiger partial charge in [0.2, 0.25) is 0 Å². The summed E-state index contributed by atoms with van der Waals surface area (Å²) >= 11 is 0. The van der Waals surface area contributed by atoms with Crippen LogP contribution in [0.4, 0.5) is 0 Å². The maximum absolute atomic E-state index is 11.6. The van der Waals surface area contributed by atoms with Gasteiger partial charge in [-0.1, -0.05) is 30.3 Å². The van der Waals surface area contributed by atoms with E-state index in [-0.39, 0.29) is 18.0 Å². The molecule has 3 nitrogen and oxygen atoms in total. The molecule has 0 spiro atoms. The molecule has 0 N–H and O–H groups in total. The second-order valence-electron chi connectivity index (χ2n) is 4.10. The lowest BCUT2D eigenvalue weighted by atomic mass is 9.95. The van der Waals surface area contributed by atoms with Crippen molar-refractivity contribution in [3.8, 4) is 0 Å². The minimum Gasteiger partial charge on any atom is -0.469 e. The summed E-state index contributed by atoms with van der Waals surface area (Å²) in [4.78, 5) is 11.6. The average molecular weight is 220 g/mol. The van der Waals surface area contributed by atoms with Gasteiger partial charge in [-0.25, -0.2) is 0 Å². The first-order valence-electron chi connectivity index (χ1n) is 5.53. The van der Waals surface area contributed by atoms with E-state index in [0.29, 0.717) is 0 Å². The Bertz CT molecular complexity index is 343. The average Bonchev–Trinajstić information content (AvgIpc) is 3.12. The molecule has 0 aromatic heterocycles. The molecule has 1 heterocycles. The van der Waals surface area contributed by atoms with Gasteiger partial charge >= 0.3 is 5.97 Å². The zero-order valence-electron chi connectivity index (χ0n) is 9.39. The Hall–Kier alpha value is -1.35. The van der Waals surface area contributed by atoms with Crippen LogP contribution in [0, 0.1) is 5.92 Å². The van der Waals surface area contributed by atoms with Crippen LogP contribution in [0.3, 0.4) is 0 Å². The molecule has 0 unspecified atom stereocenters. The van der Waals surface area contributed by atoms with E-state index in [2.05, 4.69) is 0 Å². The van der Waals surface area contributed by atoms with Crippen molar-refractivity contribution in [3.63, 3.8) is 0 Å². The summed E-state index contributed by atoms with van der Waals surface area (Å²) in [6, 6.07) is 10.0. The van der Waals surface area contributed by atoms with Gasteiger partial charge in [-0.05, 0) is 18.4 Å². The Balaban J connectivity index is 1.98. The molecule has 1 aliphatic heterocycles. The fourth-order valence-corrected chi connectivity index (χ4v) is 1.85. The lowest BCUT2D eigenvalue weighted by Crippen LogP contribution is -2.20. The van der Waals surface area contributed by atoms with E-state index in [1.807, 2.05) is 30.3 Å². The van der Waals surface area contributed by atoms with Crippen LogP contribution in [0.15, 0.2) is 30.3 Å². The Morgan fingerprint density at radius 2 is 2.19 bits per heavy atom. The SMILES string of the molecule is COC(=O)[C@H](Cc1ccccc1)C[C@H]1CO1. The van der Waals surface area contributed by atoms with Gasteiger partial charge in [-0.15, -0.1) is 0 Å². The molecule has 0 saturated carbocycles. The number of ether oxygens (including phenoxy) is 2. The van der Waals surface area contributed by atoms with Crippen LogP contribution in [0.1, 0.15) is 12.0 Å². The van der Waals surface area contributed by atoms with Crippen LogP contribution < -0.4 is 0 Å². The smallest absolute Gasteiger partial charge is 0.309 e. The molecule has 1 aromatic carbocycles. The van der Waals surface area contributed by atoms with Crippen LogP contribution in [0.2, 0.25) is 0 Å². The van der Waals surface area contributed by atoms with Crippen molar-refractivity contribution in [2.45, 2.75) is 18.9 Å². The van der Waals surface area contributed by atoms with Gasteiger partial charge in [-0.2, -0.15) is 0 Å². The molecule has 0 amide bonds. The topological polar surface area (TPSA) is 38.8 Å². The number of carbonyl (C=O) groups is 1. The van der Waals surface area contributed by atoms with Gasteiger partial charge in [0.1, 0.15) is 0 Å². The van der Waals surface area contributed by atoms with Gasteiger partial charge in [0.05, 0.1) is 25.7 Å². The summed E-state index contributed by atoms with van der Waals surface area (Å²) < 4.78 is 9.98. The van der Waals surface area contributed by atoms with E-state index >= 15 is 0 Å². The number of carbonyl (C=O) groups excluding carboxylic acids is 1. The molecular weight excluding hydrogens is 204 g/mol. The number of hydrogen-bond acceptors (Lipinski definition) is 3. The van der Waals surface area contributed by atoms with Crippen molar-refractivity contribution >= 4 is 5.97 Å². The summed E-state index contributed by atoms with van der Waals surface area (Å²) in [5.41, 5.74) is 1.17. The number of benzene rings is 1. The number of rotatable bonds is 5. The van der Waals surface area contributed by atoms with Crippen molar-refractivity contribution in [2.24, 2.45) is 5.92 Å². The zero-order chi connectivity index (χ0) is 11.4. The Kier molecular flexibility index (Phi) is 3.57. The monoisotopic (exact) mass is 220 g/mol. The Labute approximate surface area is 95.4 Å². The summed E-state index contributed by atoms with van der Waals surface area (Å²) in [5.74, 6) is -0.223. The van der Waals surface area contributed by atoms with Gasteiger partial charge in [0, 0.05) is 0 Å². The largest absolute Gasteiger partial charge is 0.469 e. The van der Waals surface area contributed by atoms with Crippen LogP contribution in [0.5, 0.6) is 0 Å². The van der Waals surface area contributed by atoms with E-state index in [1.54, 1.807) is 0 Å². The molecule has 16 heavy (non-hydrogen) atoms. The van der Waals surface area contributed by atoms with E-state index < -0.39 is 0 Å². The van der Waals surface area contributed by atoms with Gasteiger partial charge in [0.25, 0.3) is 0 Å². The van der Waals surface area contributed by atoms with E-state index in [4.69, 9.17) is 9.47 Å². The molecule has 0 bridgehead atoms. The quantitative estimate of drug-likeness (QED) is 0.561. The highest BCUT2D eigenvalue weighted by Crippen LogP contribution is 2.23. The highest BCUT2D eigenvalue weighted by molar-refractivity contribution is 5.72. The van der Waals surface area contributed by atoms with E-state index in [0.717, 1.165) is 19.4 Å². The summed E-state index contributed by atoms with van der Waals surface area (Å²) in [6.07, 6.45) is 1.75. The standard InChI is InChI=1S/C13H16O3/c1-15-13(14)11(8-12-9-16-12)7-10-5-3-2-4-6-10/h2-6,11-12H,7-9H2,1H3/t11-,12+/m1/s1. The second kappa shape index (κ2) is 5.12. The minimum absolute atomic E-state index is 0.0834. The zero-order valence-corrected chi connectivity index (χ0v) is 9.39. The molecule has 86 valence electrons. The maximum Gasteiger partial charge on any atom is 0.309 e. The third-order valence-electron chi connectivity index (χ3n) is 2.81. The highest BCUT2D eigenvalue weighted by atomic mass is 16.6. The number of epoxide rings is 1. The van der Waals surface area contributed by atoms with Crippen molar-refractivity contribution in [1.29, 1.82) is 0 Å². The molecule has 2 rings (SSSR count). The number of methoxy groups -OCH3 is 1. The number of esters is 1. The molecule has 1 fully saturated rings. The number of hydrogen-bond donors (Lipinski definition) is 0. The third-order valence-corrected chi connectivity index (χ3v) is 2.81. The van der Waals surface area contributed by atoms with Crippen LogP contribution >= 0.6 is 0 Å². The van der Waals surface area contributed by atoms with Crippen molar-refractivity contribution in [3.05, 3.63) is 35.9 Å². The highest BCUT2D eigenvalue weighted by Gasteiger charge is 2.30. The van der Waals surface area contributed by atoms with Crippen molar-refractivity contribution in [1.82, 2.24) is 0 Å². The van der Waals surface area contributed by atoms with Crippen LogP contribution in [-0.2, 0) is 20.7 Å². The summed E-state index contributed by atoms with van der Waals surface area (Å²) in [6.45, 7) is 0.780. The van der Waals surface area contributed by atoms with Crippen molar-refractivity contribution in [2.75, 3.05) is 13.7 Å². The fourth-order valence-electron chi connectivity index (χ4n) is 1.85. The van der Waals surface area contributed by atoms with Crippen LogP contribution in [-0.4, -0.2) is 25.8 Å². The molecule has 3 heteroatoms. The normalized spacial score (nSPS) is 20.2. The molecule has 1 aliphatic rings. The third kappa shape index (κ3) is 3.07. The lowest BCUT2D eigenvalue weighted by molar-refractivity contribution is -0.145. The Morgan fingerprint density at radius 1 is 1.50 bits per heavy atom. The second-order valence-corrected chi connectivity index (χ2v) is 4.10. The first kappa shape index (κ1) is 11.1. The lowest BCUT2D eigenvalue weighted by Gasteiger charge is -2.13. The molecule has 1 aromatic rings. The van der Waals surface area contributed by atoms with Crippen LogP contribution in [0.25, 0.3) is 0 Å². The van der Waals surface area contributed by atoms with Gasteiger partial charge < -0.3 is 9.47 Å².